The molecule has 0 bridgehead atoms. The minimum Gasteiger partial charge on any atom is -0.478 e. The number of hydrogen-bond donors (Lipinski definition) is 1. The Morgan fingerprint density at radius 1 is 1.11 bits per heavy atom. The fourth-order valence-corrected chi connectivity index (χ4v) is 4.02. The molecular formula is C29H40Cl2N2O2. The molecule has 1 aromatic carbocycles. The van der Waals surface area contributed by atoms with E-state index in [4.69, 9.17) is 28.3 Å². The molecule has 1 aliphatic rings. The van der Waals surface area contributed by atoms with E-state index in [1.54, 1.807) is 13.0 Å². The predicted octanol–water partition coefficient (Wildman–Crippen LogP) is 8.76. The van der Waals surface area contributed by atoms with Crippen LogP contribution in [0.4, 0.5) is 0 Å². The first-order valence-electron chi connectivity index (χ1n) is 12.3. The van der Waals surface area contributed by atoms with Crippen molar-refractivity contribution < 1.29 is 9.90 Å². The molecule has 2 aromatic rings. The minimum absolute atomic E-state index is 0.239. The Morgan fingerprint density at radius 2 is 1.69 bits per heavy atom. The molecule has 192 valence electrons. The third-order valence-electron chi connectivity index (χ3n) is 5.85. The molecular weight excluding hydrogens is 479 g/mol. The Kier molecular flexibility index (Phi) is 14.6. The summed E-state index contributed by atoms with van der Waals surface area (Å²) in [4.78, 5) is 17.0. The number of benzene rings is 1. The number of carboxylic acid groups (broad SMARTS) is 1. The zero-order chi connectivity index (χ0) is 26.4. The highest BCUT2D eigenvalue weighted by atomic mass is 35.5. The van der Waals surface area contributed by atoms with E-state index in [0.717, 1.165) is 35.3 Å². The van der Waals surface area contributed by atoms with Gasteiger partial charge in [-0.1, -0.05) is 68.1 Å². The number of piperidine rings is 1. The molecule has 0 unspecified atom stereocenters. The van der Waals surface area contributed by atoms with Crippen LogP contribution in [0.15, 0.2) is 54.8 Å². The largest absolute Gasteiger partial charge is 0.478 e. The van der Waals surface area contributed by atoms with Gasteiger partial charge in [-0.15, -0.1) is 0 Å². The van der Waals surface area contributed by atoms with E-state index in [9.17, 15) is 4.79 Å². The quantitative estimate of drug-likeness (QED) is 0.388. The number of rotatable bonds is 6. The van der Waals surface area contributed by atoms with Crippen LogP contribution in [0, 0.1) is 0 Å². The summed E-state index contributed by atoms with van der Waals surface area (Å²) < 4.78 is 0. The fraction of sp³-hybridized carbons (Fsp3) is 0.448. The standard InChI is InChI=1S/C16H21Cl2N.C9H9NO2.C4H10/c1-3-12(2)11-19-6-4-13(5-7-19)14-8-15(17)10-16(18)9-14;1-6(2)8-5-7(9(11)12)3-4-10-8;1-3-4-2/h3,8-10,13H,4-7,11H2,1-2H3;3-5H,1H2,2H3,(H,11,12);3-4H2,1-2H3/b12-3+;;. The lowest BCUT2D eigenvalue weighted by atomic mass is 9.89. The lowest BCUT2D eigenvalue weighted by Gasteiger charge is -2.32. The second-order valence-corrected chi connectivity index (χ2v) is 9.78. The Balaban J connectivity index is 0.000000327. The fourth-order valence-electron chi connectivity index (χ4n) is 3.48. The maximum Gasteiger partial charge on any atom is 0.335 e. The number of aromatic nitrogens is 1. The molecule has 1 aliphatic heterocycles. The van der Waals surface area contributed by atoms with Crippen LogP contribution in [-0.4, -0.2) is 40.6 Å². The monoisotopic (exact) mass is 518 g/mol. The molecule has 1 saturated heterocycles. The van der Waals surface area contributed by atoms with Crippen molar-refractivity contribution in [1.82, 2.24) is 9.88 Å². The Morgan fingerprint density at radius 3 is 2.14 bits per heavy atom. The molecule has 0 spiro atoms. The van der Waals surface area contributed by atoms with Crippen molar-refractivity contribution in [2.24, 2.45) is 0 Å². The zero-order valence-electron chi connectivity index (χ0n) is 21.8. The Bertz CT molecular complexity index is 929. The first-order valence-corrected chi connectivity index (χ1v) is 13.0. The van der Waals surface area contributed by atoms with Crippen molar-refractivity contribution in [2.45, 2.75) is 66.2 Å². The molecule has 0 atom stereocenters. The van der Waals surface area contributed by atoms with E-state index < -0.39 is 5.97 Å². The van der Waals surface area contributed by atoms with Gasteiger partial charge in [0.25, 0.3) is 0 Å². The van der Waals surface area contributed by atoms with Gasteiger partial charge in [-0.05, 0) is 94.1 Å². The van der Waals surface area contributed by atoms with E-state index in [-0.39, 0.29) is 5.56 Å². The van der Waals surface area contributed by atoms with E-state index >= 15 is 0 Å². The van der Waals surface area contributed by atoms with Gasteiger partial charge in [0.1, 0.15) is 0 Å². The second kappa shape index (κ2) is 16.5. The first kappa shape index (κ1) is 30.9. The summed E-state index contributed by atoms with van der Waals surface area (Å²) >= 11 is 12.2. The molecule has 0 saturated carbocycles. The van der Waals surface area contributed by atoms with Crippen molar-refractivity contribution in [3.05, 3.63) is 81.6 Å². The SMILES string of the molecule is C/C=C(\C)CN1CCC(c2cc(Cl)cc(Cl)c2)CC1.C=C(C)c1cc(C(=O)O)ccn1.CCCC. The molecule has 2 heterocycles. The summed E-state index contributed by atoms with van der Waals surface area (Å²) in [6.07, 6.45) is 8.68. The highest BCUT2D eigenvalue weighted by Gasteiger charge is 2.21. The number of hydrogen-bond acceptors (Lipinski definition) is 3. The summed E-state index contributed by atoms with van der Waals surface area (Å²) in [6, 6.07) is 8.88. The van der Waals surface area contributed by atoms with Crippen molar-refractivity contribution in [2.75, 3.05) is 19.6 Å². The summed E-state index contributed by atoms with van der Waals surface area (Å²) in [7, 11) is 0. The van der Waals surface area contributed by atoms with E-state index in [0.29, 0.717) is 11.6 Å². The first-order chi connectivity index (χ1) is 16.6. The van der Waals surface area contributed by atoms with Crippen LogP contribution in [0.2, 0.25) is 10.0 Å². The van der Waals surface area contributed by atoms with Gasteiger partial charge in [-0.2, -0.15) is 0 Å². The Hall–Kier alpha value is -2.14. The maximum atomic E-state index is 10.5. The van der Waals surface area contributed by atoms with Gasteiger partial charge in [0.15, 0.2) is 0 Å². The van der Waals surface area contributed by atoms with Gasteiger partial charge in [0, 0.05) is 22.8 Å². The van der Waals surface area contributed by atoms with Crippen molar-refractivity contribution in [1.29, 1.82) is 0 Å². The summed E-state index contributed by atoms with van der Waals surface area (Å²) in [5, 5.41) is 10.1. The number of carboxylic acids is 1. The molecule has 0 aliphatic carbocycles. The highest BCUT2D eigenvalue weighted by molar-refractivity contribution is 6.34. The van der Waals surface area contributed by atoms with Crippen LogP contribution >= 0.6 is 23.2 Å². The number of unbranched alkanes of at least 4 members (excludes halogenated alkanes) is 1. The summed E-state index contributed by atoms with van der Waals surface area (Å²) in [5.41, 5.74) is 4.36. The second-order valence-electron chi connectivity index (χ2n) is 8.90. The normalized spacial score (nSPS) is 14.3. The zero-order valence-corrected chi connectivity index (χ0v) is 23.3. The summed E-state index contributed by atoms with van der Waals surface area (Å²) in [6.45, 7) is 17.5. The van der Waals surface area contributed by atoms with Crippen LogP contribution in [0.25, 0.3) is 5.57 Å². The highest BCUT2D eigenvalue weighted by Crippen LogP contribution is 2.32. The third kappa shape index (κ3) is 11.9. The van der Waals surface area contributed by atoms with Crippen LogP contribution in [0.1, 0.15) is 87.8 Å². The average Bonchev–Trinajstić information content (AvgIpc) is 2.84. The van der Waals surface area contributed by atoms with Crippen LogP contribution in [0.3, 0.4) is 0 Å². The molecule has 0 amide bonds. The van der Waals surface area contributed by atoms with Crippen molar-refractivity contribution in [3.63, 3.8) is 0 Å². The number of carbonyl (C=O) groups is 1. The van der Waals surface area contributed by atoms with Crippen LogP contribution < -0.4 is 0 Å². The van der Waals surface area contributed by atoms with E-state index in [1.807, 2.05) is 0 Å². The molecule has 0 radical (unpaired) electrons. The molecule has 1 fully saturated rings. The maximum absolute atomic E-state index is 10.5. The number of nitrogens with zero attached hydrogens (tertiary/aromatic N) is 2. The number of aromatic carboxylic acids is 1. The lowest BCUT2D eigenvalue weighted by Crippen LogP contribution is -2.34. The average molecular weight is 520 g/mol. The molecule has 35 heavy (non-hydrogen) atoms. The predicted molar refractivity (Wildman–Crippen MR) is 151 cm³/mol. The van der Waals surface area contributed by atoms with Crippen molar-refractivity contribution in [3.8, 4) is 0 Å². The van der Waals surface area contributed by atoms with Gasteiger partial charge in [-0.3, -0.25) is 9.88 Å². The van der Waals surface area contributed by atoms with E-state index in [1.165, 1.54) is 55.1 Å². The van der Waals surface area contributed by atoms with Gasteiger partial charge < -0.3 is 5.11 Å². The van der Waals surface area contributed by atoms with Gasteiger partial charge in [0.05, 0.1) is 11.3 Å². The van der Waals surface area contributed by atoms with Gasteiger partial charge in [-0.25, -0.2) is 4.79 Å². The van der Waals surface area contributed by atoms with Crippen LogP contribution in [-0.2, 0) is 0 Å². The summed E-state index contributed by atoms with van der Waals surface area (Å²) in [5.74, 6) is -0.349. The Labute approximate surface area is 221 Å². The third-order valence-corrected chi connectivity index (χ3v) is 6.29. The number of allylic oxidation sites excluding steroid dienone is 2. The van der Waals surface area contributed by atoms with Crippen LogP contribution in [0.5, 0.6) is 0 Å². The van der Waals surface area contributed by atoms with Gasteiger partial charge >= 0.3 is 5.97 Å². The molecule has 1 N–H and O–H groups in total. The molecule has 4 nitrogen and oxygen atoms in total. The number of pyridine rings is 1. The van der Waals surface area contributed by atoms with Gasteiger partial charge in [0.2, 0.25) is 0 Å². The minimum atomic E-state index is -0.945. The molecule has 6 heteroatoms. The van der Waals surface area contributed by atoms with Crippen molar-refractivity contribution >= 4 is 34.7 Å². The number of likely N-dealkylation sites (tertiary alicyclic amines) is 1. The molecule has 1 aromatic heterocycles. The smallest absolute Gasteiger partial charge is 0.335 e. The lowest BCUT2D eigenvalue weighted by molar-refractivity contribution is 0.0696. The number of halogens is 2. The van der Waals surface area contributed by atoms with E-state index in [2.05, 4.69) is 62.4 Å². The topological polar surface area (TPSA) is 53.4 Å². The molecule has 3 rings (SSSR count).